The Balaban J connectivity index is 1.48. The predicted octanol–water partition coefficient (Wildman–Crippen LogP) is 3.44. The summed E-state index contributed by atoms with van der Waals surface area (Å²) in [7, 11) is 1.73. The molecule has 3 rings (SSSR count). The number of rotatable bonds is 5. The number of hydrogen-bond donors (Lipinski definition) is 1. The monoisotopic (exact) mass is 277 g/mol. The van der Waals surface area contributed by atoms with Crippen LogP contribution < -0.4 is 5.32 Å². The quantitative estimate of drug-likeness (QED) is 0.896. The highest BCUT2D eigenvalue weighted by atomic mass is 16.5. The van der Waals surface area contributed by atoms with Gasteiger partial charge < -0.3 is 10.1 Å². The molecule has 0 bridgehead atoms. The van der Waals surface area contributed by atoms with Crippen LogP contribution in [-0.4, -0.2) is 29.5 Å². The van der Waals surface area contributed by atoms with E-state index in [0.29, 0.717) is 12.6 Å². The summed E-state index contributed by atoms with van der Waals surface area (Å²) in [5, 5.41) is 8.02. The highest BCUT2D eigenvalue weighted by Crippen LogP contribution is 2.49. The SMILES string of the molecule is COCCn1cc(NC2CCC3(CCCC3)CC2)cn1. The van der Waals surface area contributed by atoms with Crippen LogP contribution in [0, 0.1) is 5.41 Å². The fourth-order valence-corrected chi connectivity index (χ4v) is 3.98. The van der Waals surface area contributed by atoms with E-state index in [1.807, 2.05) is 10.9 Å². The average molecular weight is 277 g/mol. The van der Waals surface area contributed by atoms with E-state index in [4.69, 9.17) is 4.74 Å². The first-order valence-electron chi connectivity index (χ1n) is 8.08. The van der Waals surface area contributed by atoms with Crippen molar-refractivity contribution in [3.8, 4) is 0 Å². The zero-order chi connectivity index (χ0) is 13.8. The minimum Gasteiger partial charge on any atom is -0.383 e. The lowest BCUT2D eigenvalue weighted by Gasteiger charge is -2.37. The Morgan fingerprint density at radius 3 is 2.75 bits per heavy atom. The molecule has 1 N–H and O–H groups in total. The van der Waals surface area contributed by atoms with Gasteiger partial charge >= 0.3 is 0 Å². The molecule has 0 aromatic carbocycles. The molecule has 20 heavy (non-hydrogen) atoms. The predicted molar refractivity (Wildman–Crippen MR) is 80.9 cm³/mol. The van der Waals surface area contributed by atoms with E-state index >= 15 is 0 Å². The molecule has 0 atom stereocenters. The summed E-state index contributed by atoms with van der Waals surface area (Å²) in [6.07, 6.45) is 15.4. The average Bonchev–Trinajstić information content (AvgIpc) is 3.09. The van der Waals surface area contributed by atoms with E-state index < -0.39 is 0 Å². The molecule has 2 saturated carbocycles. The van der Waals surface area contributed by atoms with E-state index in [0.717, 1.165) is 17.6 Å². The first-order chi connectivity index (χ1) is 9.80. The molecule has 1 aromatic heterocycles. The zero-order valence-corrected chi connectivity index (χ0v) is 12.6. The van der Waals surface area contributed by atoms with Crippen LogP contribution in [0.3, 0.4) is 0 Å². The Morgan fingerprint density at radius 1 is 1.30 bits per heavy atom. The van der Waals surface area contributed by atoms with Crippen LogP contribution in [0.15, 0.2) is 12.4 Å². The standard InChI is InChI=1S/C16H27N3O/c1-20-11-10-19-13-15(12-17-19)18-14-4-8-16(9-5-14)6-2-3-7-16/h12-14,18H,2-11H2,1H3. The summed E-state index contributed by atoms with van der Waals surface area (Å²) in [6, 6.07) is 0.640. The third-order valence-corrected chi connectivity index (χ3v) is 5.24. The number of nitrogens with one attached hydrogen (secondary N) is 1. The molecule has 1 heterocycles. The molecule has 2 fully saturated rings. The second-order valence-electron chi connectivity index (χ2n) is 6.61. The summed E-state index contributed by atoms with van der Waals surface area (Å²) >= 11 is 0. The molecule has 0 radical (unpaired) electrons. The second-order valence-corrected chi connectivity index (χ2v) is 6.61. The maximum atomic E-state index is 5.08. The van der Waals surface area contributed by atoms with Gasteiger partial charge in [-0.05, 0) is 43.9 Å². The maximum absolute atomic E-state index is 5.08. The highest BCUT2D eigenvalue weighted by Gasteiger charge is 2.37. The van der Waals surface area contributed by atoms with Gasteiger partial charge in [-0.15, -0.1) is 0 Å². The molecule has 0 aliphatic heterocycles. The first-order valence-corrected chi connectivity index (χ1v) is 8.08. The number of methoxy groups -OCH3 is 1. The number of ether oxygens (including phenoxy) is 1. The van der Waals surface area contributed by atoms with Crippen LogP contribution in [0.1, 0.15) is 51.4 Å². The molecule has 0 amide bonds. The number of hydrogen-bond acceptors (Lipinski definition) is 3. The Bertz CT molecular complexity index is 413. The minimum absolute atomic E-state index is 0.640. The number of aromatic nitrogens is 2. The van der Waals surface area contributed by atoms with Gasteiger partial charge in [0.1, 0.15) is 0 Å². The van der Waals surface area contributed by atoms with E-state index in [-0.39, 0.29) is 0 Å². The fourth-order valence-electron chi connectivity index (χ4n) is 3.98. The molecular formula is C16H27N3O. The normalized spacial score (nSPS) is 22.4. The van der Waals surface area contributed by atoms with Crippen molar-refractivity contribution in [2.24, 2.45) is 5.41 Å². The van der Waals surface area contributed by atoms with E-state index in [2.05, 4.69) is 16.6 Å². The van der Waals surface area contributed by atoms with Crippen molar-refractivity contribution >= 4 is 5.69 Å². The summed E-state index contributed by atoms with van der Waals surface area (Å²) in [4.78, 5) is 0. The van der Waals surface area contributed by atoms with E-state index in [1.165, 1.54) is 51.4 Å². The molecule has 2 aliphatic carbocycles. The number of anilines is 1. The molecule has 1 spiro atoms. The van der Waals surface area contributed by atoms with Gasteiger partial charge in [0, 0.05) is 19.3 Å². The van der Waals surface area contributed by atoms with Crippen molar-refractivity contribution in [2.75, 3.05) is 19.0 Å². The molecular weight excluding hydrogens is 250 g/mol. The Kier molecular flexibility index (Phi) is 4.29. The van der Waals surface area contributed by atoms with Crippen LogP contribution in [0.2, 0.25) is 0 Å². The van der Waals surface area contributed by atoms with Crippen LogP contribution in [0.4, 0.5) is 5.69 Å². The molecule has 4 nitrogen and oxygen atoms in total. The van der Waals surface area contributed by atoms with Gasteiger partial charge in [0.05, 0.1) is 25.0 Å². The Morgan fingerprint density at radius 2 is 2.05 bits per heavy atom. The van der Waals surface area contributed by atoms with Gasteiger partial charge in [0.25, 0.3) is 0 Å². The van der Waals surface area contributed by atoms with Gasteiger partial charge in [-0.2, -0.15) is 5.10 Å². The van der Waals surface area contributed by atoms with Gasteiger partial charge in [-0.1, -0.05) is 12.8 Å². The van der Waals surface area contributed by atoms with Crippen LogP contribution >= 0.6 is 0 Å². The first kappa shape index (κ1) is 13.9. The molecule has 1 aromatic rings. The van der Waals surface area contributed by atoms with Crippen molar-refractivity contribution in [3.05, 3.63) is 12.4 Å². The van der Waals surface area contributed by atoms with Crippen molar-refractivity contribution in [1.29, 1.82) is 0 Å². The van der Waals surface area contributed by atoms with Crippen molar-refractivity contribution < 1.29 is 4.74 Å². The second kappa shape index (κ2) is 6.17. The Labute approximate surface area is 121 Å². The van der Waals surface area contributed by atoms with Gasteiger partial charge in [-0.25, -0.2) is 0 Å². The molecule has 2 aliphatic rings. The van der Waals surface area contributed by atoms with Crippen molar-refractivity contribution in [3.63, 3.8) is 0 Å². The zero-order valence-electron chi connectivity index (χ0n) is 12.6. The van der Waals surface area contributed by atoms with E-state index in [9.17, 15) is 0 Å². The molecule has 4 heteroatoms. The summed E-state index contributed by atoms with van der Waals surface area (Å²) in [5.74, 6) is 0. The van der Waals surface area contributed by atoms with E-state index in [1.54, 1.807) is 7.11 Å². The summed E-state index contributed by atoms with van der Waals surface area (Å²) in [5.41, 5.74) is 1.88. The van der Waals surface area contributed by atoms with Crippen molar-refractivity contribution in [1.82, 2.24) is 9.78 Å². The third kappa shape index (κ3) is 3.17. The smallest absolute Gasteiger partial charge is 0.0728 e. The maximum Gasteiger partial charge on any atom is 0.0728 e. The van der Waals surface area contributed by atoms with Crippen LogP contribution in [-0.2, 0) is 11.3 Å². The lowest BCUT2D eigenvalue weighted by molar-refractivity contribution is 0.183. The van der Waals surface area contributed by atoms with Gasteiger partial charge in [0.15, 0.2) is 0 Å². The van der Waals surface area contributed by atoms with Crippen LogP contribution in [0.25, 0.3) is 0 Å². The lowest BCUT2D eigenvalue weighted by atomic mass is 9.71. The third-order valence-electron chi connectivity index (χ3n) is 5.24. The van der Waals surface area contributed by atoms with Gasteiger partial charge in [0.2, 0.25) is 0 Å². The molecule has 0 saturated heterocycles. The Hall–Kier alpha value is -1.03. The molecule has 112 valence electrons. The molecule has 0 unspecified atom stereocenters. The van der Waals surface area contributed by atoms with Crippen LogP contribution in [0.5, 0.6) is 0 Å². The fraction of sp³-hybridized carbons (Fsp3) is 0.812. The summed E-state index contributed by atoms with van der Waals surface area (Å²) < 4.78 is 7.03. The van der Waals surface area contributed by atoms with Gasteiger partial charge in [-0.3, -0.25) is 4.68 Å². The topological polar surface area (TPSA) is 39.1 Å². The summed E-state index contributed by atoms with van der Waals surface area (Å²) in [6.45, 7) is 1.54. The largest absolute Gasteiger partial charge is 0.383 e. The van der Waals surface area contributed by atoms with Crippen molar-refractivity contribution in [2.45, 2.75) is 64.0 Å². The number of nitrogens with zero attached hydrogens (tertiary/aromatic N) is 2. The highest BCUT2D eigenvalue weighted by molar-refractivity contribution is 5.39. The minimum atomic E-state index is 0.640. The lowest BCUT2D eigenvalue weighted by Crippen LogP contribution is -2.31.